The van der Waals surface area contributed by atoms with Gasteiger partial charge in [0, 0.05) is 0 Å². The molecule has 94 valence electrons. The first-order valence-electron chi connectivity index (χ1n) is 4.83. The zero-order valence-corrected chi connectivity index (χ0v) is 10.1. The van der Waals surface area contributed by atoms with Crippen molar-refractivity contribution in [1.82, 2.24) is 0 Å². The van der Waals surface area contributed by atoms with Crippen LogP contribution in [0.4, 0.5) is 5.69 Å². The second-order valence-corrected chi connectivity index (χ2v) is 5.48. The van der Waals surface area contributed by atoms with E-state index in [0.717, 1.165) is 10.6 Å². The summed E-state index contributed by atoms with van der Waals surface area (Å²) in [7, 11) is -3.56. The van der Waals surface area contributed by atoms with Crippen LogP contribution >= 0.6 is 0 Å². The van der Waals surface area contributed by atoms with Crippen LogP contribution in [0.25, 0.3) is 0 Å². The number of sulfonamides is 1. The maximum Gasteiger partial charge on any atom is 0.322 e. The van der Waals surface area contributed by atoms with Gasteiger partial charge in [-0.2, -0.15) is 0 Å². The predicted octanol–water partition coefficient (Wildman–Crippen LogP) is -0.135. The molecule has 0 bridgehead atoms. The molecule has 0 spiro atoms. The molecule has 0 radical (unpaired) electrons. The number of anilines is 1. The number of nitrogens with two attached hydrogens (primary N) is 1. The summed E-state index contributed by atoms with van der Waals surface area (Å²) >= 11 is 0. The molecule has 7 heteroatoms. The first-order chi connectivity index (χ1) is 7.82. The fourth-order valence-corrected chi connectivity index (χ4v) is 2.22. The van der Waals surface area contributed by atoms with Crippen molar-refractivity contribution in [3.8, 4) is 0 Å². The monoisotopic (exact) mass is 258 g/mol. The Balaban J connectivity index is 3.03. The Kier molecular flexibility index (Phi) is 4.08. The van der Waals surface area contributed by atoms with Crippen molar-refractivity contribution in [3.63, 3.8) is 0 Å². The van der Waals surface area contributed by atoms with Gasteiger partial charge in [0.05, 0.1) is 18.5 Å². The fraction of sp³-hybridized carbons (Fsp3) is 0.300. The first kappa shape index (κ1) is 13.5. The Labute approximate surface area is 99.7 Å². The minimum atomic E-state index is -3.56. The molecule has 1 rings (SSSR count). The van der Waals surface area contributed by atoms with E-state index < -0.39 is 22.0 Å². The number of hydrogen-bond donors (Lipinski definition) is 2. The lowest BCUT2D eigenvalue weighted by Gasteiger charge is -2.23. The van der Waals surface area contributed by atoms with Gasteiger partial charge in [0.1, 0.15) is 6.04 Å². The number of rotatable bonds is 5. The Bertz CT molecular complexity index is 486. The zero-order chi connectivity index (χ0) is 13.1. The third kappa shape index (κ3) is 3.72. The fourth-order valence-electron chi connectivity index (χ4n) is 1.28. The molecule has 1 atom stereocenters. The molecule has 0 aromatic heterocycles. The molecule has 0 saturated carbocycles. The van der Waals surface area contributed by atoms with Gasteiger partial charge in [-0.3, -0.25) is 9.10 Å². The van der Waals surface area contributed by atoms with Crippen LogP contribution in [0.1, 0.15) is 0 Å². The van der Waals surface area contributed by atoms with Gasteiger partial charge >= 0.3 is 5.97 Å². The number of carbonyl (C=O) groups is 1. The normalized spacial score (nSPS) is 13.1. The van der Waals surface area contributed by atoms with Crippen molar-refractivity contribution in [2.75, 3.05) is 17.1 Å². The van der Waals surface area contributed by atoms with Crippen molar-refractivity contribution in [1.29, 1.82) is 0 Å². The first-order valence-corrected chi connectivity index (χ1v) is 6.68. The average molecular weight is 258 g/mol. The molecule has 0 saturated heterocycles. The summed E-state index contributed by atoms with van der Waals surface area (Å²) in [5.41, 5.74) is 5.74. The highest BCUT2D eigenvalue weighted by atomic mass is 32.2. The van der Waals surface area contributed by atoms with Crippen LogP contribution < -0.4 is 10.0 Å². The minimum absolute atomic E-state index is 0.293. The lowest BCUT2D eigenvalue weighted by Crippen LogP contribution is -2.45. The SMILES string of the molecule is CS(=O)(=O)N(C[C@@H](N)C(=O)O)c1ccccc1. The van der Waals surface area contributed by atoms with Crippen molar-refractivity contribution >= 4 is 21.7 Å². The molecule has 0 aliphatic carbocycles. The Morgan fingerprint density at radius 2 is 1.94 bits per heavy atom. The van der Waals surface area contributed by atoms with Crippen molar-refractivity contribution in [2.24, 2.45) is 5.73 Å². The quantitative estimate of drug-likeness (QED) is 0.765. The lowest BCUT2D eigenvalue weighted by molar-refractivity contribution is -0.138. The van der Waals surface area contributed by atoms with Crippen LogP contribution in [0.3, 0.4) is 0 Å². The summed E-state index contributed by atoms with van der Waals surface area (Å²) in [6.07, 6.45) is 1.01. The topological polar surface area (TPSA) is 101 Å². The lowest BCUT2D eigenvalue weighted by atomic mass is 10.3. The molecule has 3 N–H and O–H groups in total. The highest BCUT2D eigenvalue weighted by Crippen LogP contribution is 2.16. The molecule has 1 aromatic carbocycles. The number of benzene rings is 1. The van der Waals surface area contributed by atoms with Gasteiger partial charge in [0.15, 0.2) is 0 Å². The van der Waals surface area contributed by atoms with Crippen molar-refractivity contribution in [2.45, 2.75) is 6.04 Å². The molecule has 0 heterocycles. The van der Waals surface area contributed by atoms with E-state index in [2.05, 4.69) is 0 Å². The molecule has 0 amide bonds. The van der Waals surface area contributed by atoms with Crippen LogP contribution in [0.2, 0.25) is 0 Å². The van der Waals surface area contributed by atoms with E-state index >= 15 is 0 Å². The van der Waals surface area contributed by atoms with Gasteiger partial charge in [-0.1, -0.05) is 18.2 Å². The highest BCUT2D eigenvalue weighted by Gasteiger charge is 2.23. The largest absolute Gasteiger partial charge is 0.480 e. The number of carboxylic acid groups (broad SMARTS) is 1. The number of carboxylic acids is 1. The third-order valence-electron chi connectivity index (χ3n) is 2.12. The number of aliphatic carboxylic acids is 1. The molecule has 17 heavy (non-hydrogen) atoms. The maximum atomic E-state index is 11.6. The molecular weight excluding hydrogens is 244 g/mol. The molecule has 0 unspecified atom stereocenters. The van der Waals surface area contributed by atoms with Gasteiger partial charge in [0.2, 0.25) is 10.0 Å². The minimum Gasteiger partial charge on any atom is -0.480 e. The molecule has 0 aliphatic heterocycles. The van der Waals surface area contributed by atoms with Gasteiger partial charge in [-0.15, -0.1) is 0 Å². The Hall–Kier alpha value is -1.60. The molecule has 6 nitrogen and oxygen atoms in total. The second-order valence-electron chi connectivity index (χ2n) is 3.57. The van der Waals surface area contributed by atoms with Crippen molar-refractivity contribution in [3.05, 3.63) is 30.3 Å². The Morgan fingerprint density at radius 1 is 1.41 bits per heavy atom. The summed E-state index contributed by atoms with van der Waals surface area (Å²) in [6, 6.07) is 6.97. The number of para-hydroxylation sites is 1. The van der Waals surface area contributed by atoms with Gasteiger partial charge < -0.3 is 10.8 Å². The van der Waals surface area contributed by atoms with E-state index in [1.165, 1.54) is 0 Å². The van der Waals surface area contributed by atoms with E-state index in [4.69, 9.17) is 10.8 Å². The maximum absolute atomic E-state index is 11.6. The summed E-state index contributed by atoms with van der Waals surface area (Å²) in [6.45, 7) is -0.293. The summed E-state index contributed by atoms with van der Waals surface area (Å²) in [4.78, 5) is 10.6. The summed E-state index contributed by atoms with van der Waals surface area (Å²) in [5, 5.41) is 8.70. The molecular formula is C10H14N2O4S. The second kappa shape index (κ2) is 5.15. The van der Waals surface area contributed by atoms with E-state index in [-0.39, 0.29) is 6.54 Å². The van der Waals surface area contributed by atoms with E-state index in [0.29, 0.717) is 5.69 Å². The van der Waals surface area contributed by atoms with E-state index in [1.807, 2.05) is 0 Å². The van der Waals surface area contributed by atoms with Crippen LogP contribution in [0.5, 0.6) is 0 Å². The average Bonchev–Trinajstić information content (AvgIpc) is 2.25. The van der Waals surface area contributed by atoms with E-state index in [1.54, 1.807) is 30.3 Å². The van der Waals surface area contributed by atoms with Gasteiger partial charge in [-0.05, 0) is 12.1 Å². The third-order valence-corrected chi connectivity index (χ3v) is 3.28. The summed E-state index contributed by atoms with van der Waals surface area (Å²) < 4.78 is 24.1. The number of hydrogen-bond acceptors (Lipinski definition) is 4. The van der Waals surface area contributed by atoms with E-state index in [9.17, 15) is 13.2 Å². The molecule has 1 aromatic rings. The van der Waals surface area contributed by atoms with Gasteiger partial charge in [-0.25, -0.2) is 8.42 Å². The zero-order valence-electron chi connectivity index (χ0n) is 9.28. The van der Waals surface area contributed by atoms with Crippen LogP contribution in [0, 0.1) is 0 Å². The molecule has 0 fully saturated rings. The van der Waals surface area contributed by atoms with Crippen molar-refractivity contribution < 1.29 is 18.3 Å². The highest BCUT2D eigenvalue weighted by molar-refractivity contribution is 7.92. The summed E-state index contributed by atoms with van der Waals surface area (Å²) in [5.74, 6) is -1.24. The molecule has 0 aliphatic rings. The van der Waals surface area contributed by atoms with Crippen LogP contribution in [0.15, 0.2) is 30.3 Å². The Morgan fingerprint density at radius 3 is 2.35 bits per heavy atom. The van der Waals surface area contributed by atoms with Crippen LogP contribution in [-0.2, 0) is 14.8 Å². The van der Waals surface area contributed by atoms with Gasteiger partial charge in [0.25, 0.3) is 0 Å². The predicted molar refractivity (Wildman–Crippen MR) is 64.2 cm³/mol. The van der Waals surface area contributed by atoms with Crippen LogP contribution in [-0.4, -0.2) is 38.3 Å². The number of nitrogens with zero attached hydrogens (tertiary/aromatic N) is 1. The standard InChI is InChI=1S/C10H14N2O4S/c1-17(15,16)12(7-9(11)10(13)14)8-5-3-2-4-6-8/h2-6,9H,7,11H2,1H3,(H,13,14)/t9-/m1/s1. The smallest absolute Gasteiger partial charge is 0.322 e.